The summed E-state index contributed by atoms with van der Waals surface area (Å²) in [6, 6.07) is 14.0. The predicted molar refractivity (Wildman–Crippen MR) is 103 cm³/mol. The Kier molecular flexibility index (Phi) is 5.09. The molecule has 6 heteroatoms. The lowest BCUT2D eigenvalue weighted by molar-refractivity contribution is -0.0267. The maximum Gasteiger partial charge on any atom is 0.139 e. The molecule has 0 bridgehead atoms. The first-order valence-corrected chi connectivity index (χ1v) is 9.47. The molecular formula is C21H25N3O3. The van der Waals surface area contributed by atoms with E-state index < -0.39 is 6.10 Å². The van der Waals surface area contributed by atoms with Crippen LogP contribution in [0, 0.1) is 0 Å². The minimum Gasteiger partial charge on any atom is -0.486 e. The summed E-state index contributed by atoms with van der Waals surface area (Å²) < 4.78 is 11.0. The number of fused-ring (bicyclic) bond motifs is 1. The summed E-state index contributed by atoms with van der Waals surface area (Å²) in [6.45, 7) is 6.53. The number of hydrogen-bond donors (Lipinski definition) is 1. The molecule has 27 heavy (non-hydrogen) atoms. The minimum absolute atomic E-state index is 0.254. The molecule has 0 radical (unpaired) electrons. The van der Waals surface area contributed by atoms with E-state index in [9.17, 15) is 5.11 Å². The second-order valence-electron chi connectivity index (χ2n) is 7.52. The number of benzene rings is 2. The van der Waals surface area contributed by atoms with Crippen molar-refractivity contribution in [2.75, 3.05) is 13.1 Å². The molecule has 0 saturated carbocycles. The van der Waals surface area contributed by atoms with Gasteiger partial charge in [0.25, 0.3) is 0 Å². The van der Waals surface area contributed by atoms with Crippen LogP contribution in [0.15, 0.2) is 47.1 Å². The number of hydrogen-bond acceptors (Lipinski definition) is 6. The lowest BCUT2D eigenvalue weighted by Crippen LogP contribution is -2.49. The van der Waals surface area contributed by atoms with E-state index in [1.54, 1.807) is 0 Å². The molecule has 3 aromatic rings. The fraction of sp³-hybridized carbons (Fsp3) is 0.429. The highest BCUT2D eigenvalue weighted by Crippen LogP contribution is 2.25. The molecular weight excluding hydrogens is 342 g/mol. The summed E-state index contributed by atoms with van der Waals surface area (Å²) in [5.41, 5.74) is 3.87. The normalized spacial score (nSPS) is 21.0. The van der Waals surface area contributed by atoms with Crippen molar-refractivity contribution in [1.82, 2.24) is 15.2 Å². The number of likely N-dealkylation sites (tertiary alicyclic amines) is 1. The fourth-order valence-electron chi connectivity index (χ4n) is 3.58. The quantitative estimate of drug-likeness (QED) is 0.746. The highest BCUT2D eigenvalue weighted by atomic mass is 16.6. The number of ether oxygens (including phenoxy) is 1. The van der Waals surface area contributed by atoms with Gasteiger partial charge >= 0.3 is 0 Å². The molecule has 4 rings (SSSR count). The van der Waals surface area contributed by atoms with Crippen molar-refractivity contribution >= 4 is 11.0 Å². The van der Waals surface area contributed by atoms with Crippen molar-refractivity contribution in [2.24, 2.45) is 0 Å². The minimum atomic E-state index is -0.464. The Bertz CT molecular complexity index is 908. The van der Waals surface area contributed by atoms with Crippen LogP contribution in [0.25, 0.3) is 11.0 Å². The van der Waals surface area contributed by atoms with E-state index in [0.29, 0.717) is 18.9 Å². The van der Waals surface area contributed by atoms with Crippen molar-refractivity contribution in [3.05, 3.63) is 53.6 Å². The average Bonchev–Trinajstić information content (AvgIpc) is 3.14. The van der Waals surface area contributed by atoms with Crippen LogP contribution >= 0.6 is 0 Å². The van der Waals surface area contributed by atoms with Gasteiger partial charge in [-0.25, -0.2) is 4.63 Å². The van der Waals surface area contributed by atoms with Crippen molar-refractivity contribution < 1.29 is 14.5 Å². The van der Waals surface area contributed by atoms with E-state index >= 15 is 0 Å². The van der Waals surface area contributed by atoms with Crippen LogP contribution < -0.4 is 4.74 Å². The fourth-order valence-corrected chi connectivity index (χ4v) is 3.58. The second-order valence-corrected chi connectivity index (χ2v) is 7.52. The first-order chi connectivity index (χ1) is 13.1. The van der Waals surface area contributed by atoms with E-state index in [2.05, 4.69) is 41.2 Å². The zero-order chi connectivity index (χ0) is 18.8. The maximum absolute atomic E-state index is 10.4. The van der Waals surface area contributed by atoms with Crippen LogP contribution in [0.2, 0.25) is 0 Å². The summed E-state index contributed by atoms with van der Waals surface area (Å²) in [6.07, 6.45) is -0.0362. The van der Waals surface area contributed by atoms with Crippen molar-refractivity contribution in [1.29, 1.82) is 0 Å². The molecule has 142 valence electrons. The van der Waals surface area contributed by atoms with Gasteiger partial charge in [0, 0.05) is 19.6 Å². The van der Waals surface area contributed by atoms with Gasteiger partial charge in [-0.1, -0.05) is 38.1 Å². The Hall–Kier alpha value is -2.44. The Morgan fingerprint density at radius 3 is 2.93 bits per heavy atom. The molecule has 1 aliphatic rings. The number of rotatable bonds is 5. The van der Waals surface area contributed by atoms with Crippen LogP contribution in [0.5, 0.6) is 5.75 Å². The van der Waals surface area contributed by atoms with Gasteiger partial charge in [-0.2, -0.15) is 0 Å². The molecule has 0 spiro atoms. The Balaban J connectivity index is 1.46. The van der Waals surface area contributed by atoms with Crippen molar-refractivity contribution in [3.8, 4) is 5.75 Å². The van der Waals surface area contributed by atoms with E-state index in [1.165, 1.54) is 5.56 Å². The van der Waals surface area contributed by atoms with Crippen LogP contribution in [0.1, 0.15) is 37.3 Å². The highest BCUT2D eigenvalue weighted by Gasteiger charge is 2.30. The third-order valence-electron chi connectivity index (χ3n) is 5.18. The third-order valence-corrected chi connectivity index (χ3v) is 5.18. The van der Waals surface area contributed by atoms with E-state index in [4.69, 9.17) is 9.37 Å². The second kappa shape index (κ2) is 7.66. The van der Waals surface area contributed by atoms with Gasteiger partial charge < -0.3 is 9.84 Å². The SMILES string of the molecule is CC(C)c1cccc(O[C@@H]2CN(Cc3cccc4nonc34)CC[C@H]2O)c1. The molecule has 0 amide bonds. The van der Waals surface area contributed by atoms with Gasteiger partial charge in [0.2, 0.25) is 0 Å². The molecule has 1 saturated heterocycles. The van der Waals surface area contributed by atoms with Gasteiger partial charge in [0.05, 0.1) is 6.10 Å². The molecule has 2 heterocycles. The number of aromatic nitrogens is 2. The van der Waals surface area contributed by atoms with Crippen LogP contribution in [0.3, 0.4) is 0 Å². The van der Waals surface area contributed by atoms with Crippen molar-refractivity contribution in [3.63, 3.8) is 0 Å². The van der Waals surface area contributed by atoms with Gasteiger partial charge in [0.15, 0.2) is 0 Å². The number of piperidine rings is 1. The number of aliphatic hydroxyl groups excluding tert-OH is 1. The van der Waals surface area contributed by atoms with E-state index in [0.717, 1.165) is 35.4 Å². The first-order valence-electron chi connectivity index (χ1n) is 9.47. The van der Waals surface area contributed by atoms with E-state index in [-0.39, 0.29) is 6.10 Å². The molecule has 1 aromatic heterocycles. The number of aliphatic hydroxyl groups is 1. The monoisotopic (exact) mass is 367 g/mol. The van der Waals surface area contributed by atoms with Crippen molar-refractivity contribution in [2.45, 2.75) is 44.9 Å². The zero-order valence-corrected chi connectivity index (χ0v) is 15.7. The summed E-state index contributed by atoms with van der Waals surface area (Å²) in [4.78, 5) is 2.28. The standard InChI is InChI=1S/C21H25N3O3/c1-14(2)15-5-3-7-17(11-15)26-20-13-24(10-9-19(20)25)12-16-6-4-8-18-21(16)23-27-22-18/h3-8,11,14,19-20,25H,9-10,12-13H2,1-2H3/t19-,20-/m1/s1. The van der Waals surface area contributed by atoms with E-state index in [1.807, 2.05) is 30.3 Å². The molecule has 6 nitrogen and oxygen atoms in total. The molecule has 2 aromatic carbocycles. The van der Waals surface area contributed by atoms with Crippen LogP contribution in [-0.2, 0) is 6.54 Å². The smallest absolute Gasteiger partial charge is 0.139 e. The molecule has 1 N–H and O–H groups in total. The Labute approximate surface area is 158 Å². The van der Waals surface area contributed by atoms with Gasteiger partial charge in [-0.05, 0) is 52.0 Å². The molecule has 0 aliphatic carbocycles. The number of nitrogens with zero attached hydrogens (tertiary/aromatic N) is 3. The zero-order valence-electron chi connectivity index (χ0n) is 15.7. The summed E-state index contributed by atoms with van der Waals surface area (Å²) >= 11 is 0. The van der Waals surface area contributed by atoms with Gasteiger partial charge in [0.1, 0.15) is 22.9 Å². The lowest BCUT2D eigenvalue weighted by Gasteiger charge is -2.36. The van der Waals surface area contributed by atoms with Gasteiger partial charge in [-0.15, -0.1) is 0 Å². The average molecular weight is 367 g/mol. The largest absolute Gasteiger partial charge is 0.486 e. The summed E-state index contributed by atoms with van der Waals surface area (Å²) in [5.74, 6) is 1.26. The topological polar surface area (TPSA) is 71.6 Å². The molecule has 1 aliphatic heterocycles. The van der Waals surface area contributed by atoms with Crippen LogP contribution in [-0.4, -0.2) is 45.6 Å². The lowest BCUT2D eigenvalue weighted by atomic mass is 10.0. The third kappa shape index (κ3) is 3.96. The molecule has 1 fully saturated rings. The highest BCUT2D eigenvalue weighted by molar-refractivity contribution is 5.76. The molecule has 2 atom stereocenters. The maximum atomic E-state index is 10.4. The first kappa shape index (κ1) is 17.9. The molecule has 0 unspecified atom stereocenters. The summed E-state index contributed by atoms with van der Waals surface area (Å²) in [5, 5.41) is 18.4. The predicted octanol–water partition coefficient (Wildman–Crippen LogP) is 3.36. The summed E-state index contributed by atoms with van der Waals surface area (Å²) in [7, 11) is 0. The Morgan fingerprint density at radius 1 is 1.22 bits per heavy atom. The van der Waals surface area contributed by atoms with Gasteiger partial charge in [-0.3, -0.25) is 4.90 Å². The van der Waals surface area contributed by atoms with Crippen LogP contribution in [0.4, 0.5) is 0 Å². The Morgan fingerprint density at radius 2 is 2.07 bits per heavy atom.